The minimum absolute atomic E-state index is 0.0963. The number of hydrogen-bond acceptors (Lipinski definition) is 11. The number of carbonyl (C=O) groups is 2. The molecule has 14 heteroatoms. The number of carbonyl (C=O) groups excluding carboxylic acids is 2. The van der Waals surface area contributed by atoms with Crippen molar-refractivity contribution in [1.29, 1.82) is 0 Å². The number of aliphatic hydroxyl groups excluding tert-OH is 1. The van der Waals surface area contributed by atoms with E-state index in [4.69, 9.17) is 0 Å². The molecular formula is C44H47N9O4S. The van der Waals surface area contributed by atoms with Crippen molar-refractivity contribution in [2.45, 2.75) is 58.3 Å². The van der Waals surface area contributed by atoms with Gasteiger partial charge < -0.3 is 30.2 Å². The zero-order valence-electron chi connectivity index (χ0n) is 33.0. The van der Waals surface area contributed by atoms with Crippen molar-refractivity contribution in [3.8, 4) is 27.4 Å². The van der Waals surface area contributed by atoms with E-state index in [1.54, 1.807) is 33.1 Å². The molecule has 1 unspecified atom stereocenters. The Hall–Kier alpha value is -5.86. The standard InChI is InChI=1S/C44H47N9O4S/c1-26(2)40(43(57)52-20-34(54)17-38(52)42(56)47-27(3)29-9-11-30(12-10-29)41-28(4)45-25-58-41)53-19-33(18-46-53)51-23-44(24-51)21-50(22-44)32-13-14-36-31(15-32)16-37(49-48-36)35-7-5-6-8-39(35)55/h5-16,18-19,25-27,34,38,40,54-55H,17,20-24H2,1-4H3,(H,47,56)/t27-,34+,38-,40?/m1/s1. The quantitative estimate of drug-likeness (QED) is 0.151. The predicted octanol–water partition coefficient (Wildman–Crippen LogP) is 5.99. The summed E-state index contributed by atoms with van der Waals surface area (Å²) < 4.78 is 1.73. The molecule has 3 aromatic carbocycles. The molecule has 6 aromatic rings. The van der Waals surface area contributed by atoms with Crippen LogP contribution in [-0.4, -0.2) is 96.8 Å². The number of nitrogens with zero attached hydrogens (tertiary/aromatic N) is 8. The Kier molecular flexibility index (Phi) is 9.63. The van der Waals surface area contributed by atoms with Crippen molar-refractivity contribution in [2.75, 3.05) is 42.5 Å². The number of benzene rings is 3. The molecule has 0 bridgehead atoms. The molecule has 3 N–H and O–H groups in total. The lowest BCUT2D eigenvalue weighted by molar-refractivity contribution is -0.142. The number of likely N-dealkylation sites (tertiary alicyclic amines) is 1. The van der Waals surface area contributed by atoms with Crippen LogP contribution in [0.1, 0.15) is 50.5 Å². The molecule has 3 aliphatic rings. The summed E-state index contributed by atoms with van der Waals surface area (Å²) in [5.74, 6) is -0.428. The summed E-state index contributed by atoms with van der Waals surface area (Å²) in [7, 11) is 0. The topological polar surface area (TPSA) is 153 Å². The largest absolute Gasteiger partial charge is 0.507 e. The Bertz CT molecular complexity index is 2490. The highest BCUT2D eigenvalue weighted by Crippen LogP contribution is 2.44. The number of rotatable bonds is 10. The monoisotopic (exact) mass is 797 g/mol. The van der Waals surface area contributed by atoms with E-state index in [9.17, 15) is 19.8 Å². The number of aromatic nitrogens is 5. The normalized spacial score (nSPS) is 19.7. The third-order valence-electron chi connectivity index (χ3n) is 12.0. The van der Waals surface area contributed by atoms with Crippen LogP contribution >= 0.6 is 11.3 Å². The average Bonchev–Trinajstić information content (AvgIpc) is 3.94. The lowest BCUT2D eigenvalue weighted by atomic mass is 9.72. The Morgan fingerprint density at radius 1 is 0.931 bits per heavy atom. The van der Waals surface area contributed by atoms with Gasteiger partial charge in [0, 0.05) is 67.4 Å². The number of thiazole rings is 1. The number of aryl methyl sites for hydroxylation is 1. The molecule has 58 heavy (non-hydrogen) atoms. The third-order valence-corrected chi connectivity index (χ3v) is 13.0. The average molecular weight is 798 g/mol. The van der Waals surface area contributed by atoms with E-state index < -0.39 is 18.2 Å². The van der Waals surface area contributed by atoms with Crippen LogP contribution < -0.4 is 15.1 Å². The number of fused-ring (bicyclic) bond motifs is 1. The number of phenols is 1. The van der Waals surface area contributed by atoms with Gasteiger partial charge in [0.05, 0.1) is 51.3 Å². The zero-order valence-corrected chi connectivity index (χ0v) is 33.8. The van der Waals surface area contributed by atoms with E-state index in [1.165, 1.54) is 0 Å². The van der Waals surface area contributed by atoms with Gasteiger partial charge in [0.25, 0.3) is 0 Å². The molecule has 298 valence electrons. The number of hydrogen-bond donors (Lipinski definition) is 3. The fraction of sp³-hybridized carbons (Fsp3) is 0.364. The van der Waals surface area contributed by atoms with Crippen molar-refractivity contribution in [1.82, 2.24) is 35.2 Å². The first kappa shape index (κ1) is 37.7. The maximum absolute atomic E-state index is 14.3. The fourth-order valence-corrected chi connectivity index (χ4v) is 9.67. The van der Waals surface area contributed by atoms with Gasteiger partial charge in [0.2, 0.25) is 11.8 Å². The number of aromatic hydroxyl groups is 1. The van der Waals surface area contributed by atoms with Gasteiger partial charge in [-0.1, -0.05) is 50.2 Å². The maximum atomic E-state index is 14.3. The second kappa shape index (κ2) is 14.8. The second-order valence-electron chi connectivity index (χ2n) is 16.6. The molecule has 3 saturated heterocycles. The van der Waals surface area contributed by atoms with Gasteiger partial charge in [0.15, 0.2) is 0 Å². The highest BCUT2D eigenvalue weighted by molar-refractivity contribution is 7.13. The Balaban J connectivity index is 0.825. The van der Waals surface area contributed by atoms with E-state index in [0.717, 1.165) is 70.2 Å². The van der Waals surface area contributed by atoms with Gasteiger partial charge >= 0.3 is 0 Å². The Labute approximate surface area is 341 Å². The number of para-hydroxylation sites is 1. The highest BCUT2D eigenvalue weighted by atomic mass is 32.1. The van der Waals surface area contributed by atoms with Crippen LogP contribution in [0.3, 0.4) is 0 Å². The first-order valence-electron chi connectivity index (χ1n) is 19.8. The molecule has 6 heterocycles. The van der Waals surface area contributed by atoms with Crippen LogP contribution in [-0.2, 0) is 9.59 Å². The summed E-state index contributed by atoms with van der Waals surface area (Å²) in [5, 5.41) is 38.6. The summed E-state index contributed by atoms with van der Waals surface area (Å²) in [6.45, 7) is 11.6. The molecule has 1 spiro atoms. The summed E-state index contributed by atoms with van der Waals surface area (Å²) in [4.78, 5) is 39.7. The van der Waals surface area contributed by atoms with Crippen LogP contribution in [0.2, 0.25) is 0 Å². The fourth-order valence-electron chi connectivity index (χ4n) is 8.86. The van der Waals surface area contributed by atoms with Crippen LogP contribution in [0.25, 0.3) is 32.6 Å². The Morgan fingerprint density at radius 2 is 1.67 bits per heavy atom. The van der Waals surface area contributed by atoms with Gasteiger partial charge in [-0.25, -0.2) is 4.98 Å². The summed E-state index contributed by atoms with van der Waals surface area (Å²) >= 11 is 1.60. The van der Waals surface area contributed by atoms with Crippen molar-refractivity contribution in [2.24, 2.45) is 11.3 Å². The molecule has 9 rings (SSSR count). The summed E-state index contributed by atoms with van der Waals surface area (Å²) in [6, 6.07) is 21.7. The first-order valence-corrected chi connectivity index (χ1v) is 20.7. The van der Waals surface area contributed by atoms with E-state index >= 15 is 0 Å². The van der Waals surface area contributed by atoms with E-state index in [0.29, 0.717) is 11.3 Å². The summed E-state index contributed by atoms with van der Waals surface area (Å²) in [5.41, 5.74) is 9.21. The predicted molar refractivity (Wildman–Crippen MR) is 225 cm³/mol. The molecule has 3 fully saturated rings. The minimum Gasteiger partial charge on any atom is -0.507 e. The Morgan fingerprint density at radius 3 is 2.38 bits per heavy atom. The molecule has 13 nitrogen and oxygen atoms in total. The van der Waals surface area contributed by atoms with E-state index in [1.807, 2.05) is 94.1 Å². The van der Waals surface area contributed by atoms with Crippen LogP contribution in [0, 0.1) is 18.3 Å². The first-order chi connectivity index (χ1) is 27.9. The lowest BCUT2D eigenvalue weighted by Gasteiger charge is -2.61. The van der Waals surface area contributed by atoms with Crippen LogP contribution in [0.5, 0.6) is 5.75 Å². The molecule has 0 radical (unpaired) electrons. The zero-order chi connectivity index (χ0) is 40.3. The van der Waals surface area contributed by atoms with Crippen LogP contribution in [0.4, 0.5) is 11.4 Å². The van der Waals surface area contributed by atoms with Crippen molar-refractivity contribution < 1.29 is 19.8 Å². The molecule has 0 saturated carbocycles. The number of aliphatic hydroxyl groups is 1. The van der Waals surface area contributed by atoms with Crippen molar-refractivity contribution >= 4 is 45.4 Å². The van der Waals surface area contributed by atoms with E-state index in [2.05, 4.69) is 47.5 Å². The van der Waals surface area contributed by atoms with E-state index in [-0.39, 0.29) is 47.9 Å². The highest BCUT2D eigenvalue weighted by Gasteiger charge is 2.52. The summed E-state index contributed by atoms with van der Waals surface area (Å²) in [6.07, 6.45) is 3.16. The number of β-amino-alcohol motifs (C(OH)–C–C–N with tert-alkyl or cyclic N) is 1. The van der Waals surface area contributed by atoms with Gasteiger partial charge in [-0.05, 0) is 67.3 Å². The maximum Gasteiger partial charge on any atom is 0.248 e. The second-order valence-corrected chi connectivity index (χ2v) is 17.4. The lowest BCUT2D eigenvalue weighted by Crippen LogP contribution is -2.72. The van der Waals surface area contributed by atoms with Gasteiger partial charge in [-0.2, -0.15) is 5.10 Å². The molecular weight excluding hydrogens is 751 g/mol. The smallest absolute Gasteiger partial charge is 0.248 e. The van der Waals surface area contributed by atoms with Gasteiger partial charge in [0.1, 0.15) is 17.8 Å². The SMILES string of the molecule is Cc1ncsc1-c1ccc([C@@H](C)NC(=O)[C@H]2C[C@H](O)CN2C(=O)C(C(C)C)n2cc(N3CC4(CN(c5ccc6nnc(-c7ccccc7O)cc6c5)C4)C3)cn2)cc1. The molecule has 3 aliphatic heterocycles. The van der Waals surface area contributed by atoms with Gasteiger partial charge in [-0.15, -0.1) is 21.5 Å². The number of nitrogens with one attached hydrogen (secondary N) is 1. The molecule has 2 amide bonds. The number of anilines is 2. The number of amides is 2. The minimum atomic E-state index is -0.790. The van der Waals surface area contributed by atoms with Gasteiger partial charge in [-0.3, -0.25) is 14.3 Å². The van der Waals surface area contributed by atoms with Crippen molar-refractivity contribution in [3.63, 3.8) is 0 Å². The van der Waals surface area contributed by atoms with Crippen molar-refractivity contribution in [3.05, 3.63) is 102 Å². The molecule has 4 atom stereocenters. The molecule has 0 aliphatic carbocycles. The number of phenolic OH excluding ortho intramolecular Hbond substituents is 1. The van der Waals surface area contributed by atoms with Crippen LogP contribution in [0.15, 0.2) is 90.7 Å². The molecule has 3 aromatic heterocycles. The third kappa shape index (κ3) is 6.93.